The maximum absolute atomic E-state index is 8.12. The summed E-state index contributed by atoms with van der Waals surface area (Å²) in [6.07, 6.45) is 2.96. The van der Waals surface area contributed by atoms with Gasteiger partial charge in [0, 0.05) is 6.42 Å². The Bertz CT molecular complexity index is 254. The molecule has 0 aliphatic carbocycles. The molecule has 0 amide bonds. The van der Waals surface area contributed by atoms with Gasteiger partial charge in [0.2, 0.25) is 0 Å². The van der Waals surface area contributed by atoms with Gasteiger partial charge < -0.3 is 9.94 Å². The molecule has 1 aromatic carbocycles. The molecule has 1 aromatic rings. The minimum Gasteiger partial charge on any atom is -0.497 e. The lowest BCUT2D eigenvalue weighted by molar-refractivity contribution is 0.321. The molecule has 3 heteroatoms. The summed E-state index contributed by atoms with van der Waals surface area (Å²) < 4.78 is 4.98. The monoisotopic (exact) mass is 164 g/mol. The fourth-order valence-corrected chi connectivity index (χ4v) is 0.870. The van der Waals surface area contributed by atoms with Gasteiger partial charge in [-0.1, -0.05) is 17.3 Å². The molecular formula is C9H10NO2. The Morgan fingerprint density at radius 2 is 2.08 bits per heavy atom. The number of ether oxygens (including phenoxy) is 1. The number of benzene rings is 1. The molecule has 0 bridgehead atoms. The van der Waals surface area contributed by atoms with Gasteiger partial charge in [-0.3, -0.25) is 0 Å². The Hall–Kier alpha value is -1.51. The molecule has 3 nitrogen and oxygen atoms in total. The second kappa shape index (κ2) is 4.38. The van der Waals surface area contributed by atoms with Crippen LogP contribution in [-0.2, 0) is 6.42 Å². The zero-order chi connectivity index (χ0) is 8.81. The average molecular weight is 164 g/mol. The van der Waals surface area contributed by atoms with Gasteiger partial charge in [-0.25, -0.2) is 0 Å². The van der Waals surface area contributed by atoms with E-state index in [-0.39, 0.29) is 0 Å². The van der Waals surface area contributed by atoms with Crippen molar-refractivity contribution in [2.45, 2.75) is 6.42 Å². The van der Waals surface area contributed by atoms with E-state index in [4.69, 9.17) is 9.94 Å². The van der Waals surface area contributed by atoms with Crippen LogP contribution in [0.2, 0.25) is 0 Å². The van der Waals surface area contributed by atoms with Gasteiger partial charge >= 0.3 is 0 Å². The molecule has 0 spiro atoms. The highest BCUT2D eigenvalue weighted by Crippen LogP contribution is 2.10. The normalized spacial score (nSPS) is 10.4. The van der Waals surface area contributed by atoms with E-state index in [9.17, 15) is 0 Å². The Morgan fingerprint density at radius 1 is 1.42 bits per heavy atom. The van der Waals surface area contributed by atoms with Crippen molar-refractivity contribution >= 4 is 6.21 Å². The minimum absolute atomic E-state index is 0.514. The van der Waals surface area contributed by atoms with E-state index in [1.165, 1.54) is 0 Å². The average Bonchev–Trinajstić information content (AvgIpc) is 2.15. The predicted octanol–water partition coefficient (Wildman–Crippen LogP) is 1.57. The molecule has 0 fully saturated rings. The predicted molar refractivity (Wildman–Crippen MR) is 45.9 cm³/mol. The third-order valence-electron chi connectivity index (χ3n) is 1.51. The molecular weight excluding hydrogens is 154 g/mol. The molecule has 1 rings (SSSR count). The lowest BCUT2D eigenvalue weighted by Crippen LogP contribution is -1.87. The zero-order valence-electron chi connectivity index (χ0n) is 6.82. The van der Waals surface area contributed by atoms with Crippen molar-refractivity contribution in [3.63, 3.8) is 0 Å². The minimum atomic E-state index is 0.514. The van der Waals surface area contributed by atoms with E-state index in [2.05, 4.69) is 11.4 Å². The van der Waals surface area contributed by atoms with Crippen LogP contribution in [0.3, 0.4) is 0 Å². The lowest BCUT2D eigenvalue weighted by Gasteiger charge is -1.99. The van der Waals surface area contributed by atoms with Crippen LogP contribution >= 0.6 is 0 Å². The van der Waals surface area contributed by atoms with Crippen LogP contribution in [0.15, 0.2) is 29.4 Å². The summed E-state index contributed by atoms with van der Waals surface area (Å²) >= 11 is 0. The fourth-order valence-electron chi connectivity index (χ4n) is 0.870. The summed E-state index contributed by atoms with van der Waals surface area (Å²) in [5.74, 6) is 0.819. The highest BCUT2D eigenvalue weighted by atomic mass is 16.5. The Morgan fingerprint density at radius 3 is 2.58 bits per heavy atom. The summed E-state index contributed by atoms with van der Waals surface area (Å²) in [7, 11) is 1.62. The van der Waals surface area contributed by atoms with Crippen molar-refractivity contribution in [1.29, 1.82) is 0 Å². The van der Waals surface area contributed by atoms with E-state index in [1.807, 2.05) is 24.3 Å². The quantitative estimate of drug-likeness (QED) is 0.418. The fraction of sp³-hybridized carbons (Fsp3) is 0.222. The molecule has 0 aliphatic heterocycles. The van der Waals surface area contributed by atoms with E-state index >= 15 is 0 Å². The Balaban J connectivity index is 2.64. The summed E-state index contributed by atoms with van der Waals surface area (Å²) in [5, 5.41) is 10.9. The summed E-state index contributed by atoms with van der Waals surface area (Å²) in [6.45, 7) is 0. The molecule has 0 saturated heterocycles. The number of hydrogen-bond acceptors (Lipinski definition) is 3. The maximum Gasteiger partial charge on any atom is 0.118 e. The van der Waals surface area contributed by atoms with Crippen molar-refractivity contribution in [2.75, 3.05) is 7.11 Å². The first-order valence-electron chi connectivity index (χ1n) is 3.56. The van der Waals surface area contributed by atoms with Gasteiger partial charge in [-0.15, -0.1) is 0 Å². The number of rotatable bonds is 3. The van der Waals surface area contributed by atoms with Crippen LogP contribution in [0.25, 0.3) is 0 Å². The summed E-state index contributed by atoms with van der Waals surface area (Å²) in [4.78, 5) is 0. The largest absolute Gasteiger partial charge is 0.497 e. The van der Waals surface area contributed by atoms with Crippen molar-refractivity contribution in [3.05, 3.63) is 29.8 Å². The van der Waals surface area contributed by atoms with Crippen molar-refractivity contribution in [2.24, 2.45) is 5.16 Å². The van der Waals surface area contributed by atoms with E-state index in [0.717, 1.165) is 11.3 Å². The first-order valence-corrected chi connectivity index (χ1v) is 3.56. The second-order valence-corrected chi connectivity index (χ2v) is 2.28. The van der Waals surface area contributed by atoms with Crippen molar-refractivity contribution < 1.29 is 9.94 Å². The third kappa shape index (κ3) is 2.27. The molecule has 0 unspecified atom stereocenters. The van der Waals surface area contributed by atoms with E-state index in [1.54, 1.807) is 7.11 Å². The topological polar surface area (TPSA) is 41.8 Å². The Kier molecular flexibility index (Phi) is 3.14. The second-order valence-electron chi connectivity index (χ2n) is 2.28. The number of methoxy groups -OCH3 is 1. The summed E-state index contributed by atoms with van der Waals surface area (Å²) in [5.41, 5.74) is 1.04. The van der Waals surface area contributed by atoms with Gasteiger partial charge in [-0.2, -0.15) is 0 Å². The molecule has 0 aromatic heterocycles. The van der Waals surface area contributed by atoms with Crippen LogP contribution < -0.4 is 4.74 Å². The van der Waals surface area contributed by atoms with Crippen LogP contribution in [0.5, 0.6) is 5.75 Å². The maximum atomic E-state index is 8.12. The van der Waals surface area contributed by atoms with Gasteiger partial charge in [-0.05, 0) is 17.7 Å². The smallest absolute Gasteiger partial charge is 0.118 e. The first kappa shape index (κ1) is 8.59. The molecule has 0 aliphatic rings. The molecule has 1 N–H and O–H groups in total. The number of nitrogens with zero attached hydrogens (tertiary/aromatic N) is 1. The van der Waals surface area contributed by atoms with Crippen LogP contribution in [0, 0.1) is 0 Å². The van der Waals surface area contributed by atoms with Gasteiger partial charge in [0.25, 0.3) is 0 Å². The third-order valence-corrected chi connectivity index (χ3v) is 1.51. The lowest BCUT2D eigenvalue weighted by atomic mass is 10.2. The molecule has 0 atom stereocenters. The SMILES string of the molecule is COc1ccc(C[C]=NO)cc1. The van der Waals surface area contributed by atoms with Gasteiger partial charge in [0.05, 0.1) is 7.11 Å². The van der Waals surface area contributed by atoms with E-state index in [0.29, 0.717) is 6.42 Å². The summed E-state index contributed by atoms with van der Waals surface area (Å²) in [6, 6.07) is 7.51. The van der Waals surface area contributed by atoms with Crippen LogP contribution in [0.1, 0.15) is 5.56 Å². The van der Waals surface area contributed by atoms with Crippen LogP contribution in [0.4, 0.5) is 0 Å². The standard InChI is InChI=1S/C9H10NO2/c1-12-9-4-2-8(3-5-9)6-7-10-11/h2-5,11H,6H2,1H3. The molecule has 0 heterocycles. The van der Waals surface area contributed by atoms with E-state index < -0.39 is 0 Å². The molecule has 0 saturated carbocycles. The molecule has 1 radical (unpaired) electrons. The Labute approximate surface area is 71.3 Å². The highest BCUT2D eigenvalue weighted by Gasteiger charge is 1.91. The van der Waals surface area contributed by atoms with Crippen molar-refractivity contribution in [3.8, 4) is 5.75 Å². The zero-order valence-corrected chi connectivity index (χ0v) is 6.82. The highest BCUT2D eigenvalue weighted by molar-refractivity contribution is 5.60. The number of hydrogen-bond donors (Lipinski definition) is 1. The van der Waals surface area contributed by atoms with Crippen molar-refractivity contribution in [1.82, 2.24) is 0 Å². The van der Waals surface area contributed by atoms with Gasteiger partial charge in [0.15, 0.2) is 0 Å². The van der Waals surface area contributed by atoms with Gasteiger partial charge in [0.1, 0.15) is 12.0 Å². The first-order chi connectivity index (χ1) is 5.86. The van der Waals surface area contributed by atoms with Crippen LogP contribution in [-0.4, -0.2) is 18.5 Å². The molecule has 12 heavy (non-hydrogen) atoms. The molecule has 63 valence electrons.